The van der Waals surface area contributed by atoms with Crippen molar-refractivity contribution < 1.29 is 24.1 Å². The zero-order valence-corrected chi connectivity index (χ0v) is 8.93. The highest BCUT2D eigenvalue weighted by Gasteiger charge is 2.15. The lowest BCUT2D eigenvalue weighted by molar-refractivity contribution is -0.277. The van der Waals surface area contributed by atoms with E-state index in [0.29, 0.717) is 5.56 Å². The van der Waals surface area contributed by atoms with E-state index in [1.165, 1.54) is 13.0 Å². The first kappa shape index (κ1) is 12.4. The number of rotatable bonds is 4. The van der Waals surface area contributed by atoms with Crippen molar-refractivity contribution in [2.24, 2.45) is 0 Å². The molecule has 0 aliphatic heterocycles. The van der Waals surface area contributed by atoms with Crippen LogP contribution < -0.4 is 5.63 Å². The smallest absolute Gasteiger partial charge is 0.374 e. The normalized spacial score (nSPS) is 12.2. The zero-order valence-electron chi connectivity index (χ0n) is 8.93. The van der Waals surface area contributed by atoms with E-state index in [0.717, 1.165) is 6.07 Å². The van der Waals surface area contributed by atoms with E-state index in [9.17, 15) is 9.59 Å². The van der Waals surface area contributed by atoms with E-state index in [-0.39, 0.29) is 12.4 Å². The second kappa shape index (κ2) is 5.43. The van der Waals surface area contributed by atoms with Gasteiger partial charge >= 0.3 is 11.6 Å². The summed E-state index contributed by atoms with van der Waals surface area (Å²) in [5.41, 5.74) is -0.369. The summed E-state index contributed by atoms with van der Waals surface area (Å²) < 4.78 is 9.34. The largest absolute Gasteiger partial charge is 0.460 e. The Balaban J connectivity index is 3.07. The highest BCUT2D eigenvalue weighted by Crippen LogP contribution is 2.15. The van der Waals surface area contributed by atoms with Crippen molar-refractivity contribution >= 4 is 5.97 Å². The van der Waals surface area contributed by atoms with Gasteiger partial charge in [-0.05, 0) is 25.5 Å². The summed E-state index contributed by atoms with van der Waals surface area (Å²) in [6.07, 6.45) is -0.725. The fraction of sp³-hybridized carbons (Fsp3) is 0.400. The van der Waals surface area contributed by atoms with Gasteiger partial charge in [-0.3, -0.25) is 5.26 Å². The van der Waals surface area contributed by atoms with Gasteiger partial charge in [0.25, 0.3) is 0 Å². The molecule has 0 aliphatic carbocycles. The van der Waals surface area contributed by atoms with E-state index >= 15 is 0 Å². The van der Waals surface area contributed by atoms with E-state index in [1.807, 2.05) is 0 Å². The van der Waals surface area contributed by atoms with E-state index < -0.39 is 17.7 Å². The van der Waals surface area contributed by atoms with Gasteiger partial charge in [-0.1, -0.05) is 0 Å². The van der Waals surface area contributed by atoms with Gasteiger partial charge in [0, 0.05) is 6.07 Å². The SMILES string of the molecule is CCOC(=O)c1cc(C(C)OO)cc(=O)o1. The van der Waals surface area contributed by atoms with E-state index in [1.54, 1.807) is 6.92 Å². The lowest BCUT2D eigenvalue weighted by Gasteiger charge is -2.07. The maximum absolute atomic E-state index is 11.3. The van der Waals surface area contributed by atoms with Crippen LogP contribution in [-0.2, 0) is 9.62 Å². The Morgan fingerprint density at radius 1 is 1.56 bits per heavy atom. The molecule has 0 saturated carbocycles. The third-order valence-corrected chi connectivity index (χ3v) is 1.90. The van der Waals surface area contributed by atoms with Crippen molar-refractivity contribution in [1.29, 1.82) is 0 Å². The molecule has 0 aromatic carbocycles. The van der Waals surface area contributed by atoms with Gasteiger partial charge < -0.3 is 9.15 Å². The molecule has 1 N–H and O–H groups in total. The maximum atomic E-state index is 11.3. The van der Waals surface area contributed by atoms with E-state index in [4.69, 9.17) is 5.26 Å². The summed E-state index contributed by atoms with van der Waals surface area (Å²) in [4.78, 5) is 26.5. The lowest BCUT2D eigenvalue weighted by atomic mass is 10.1. The first-order valence-corrected chi connectivity index (χ1v) is 4.71. The molecule has 6 heteroatoms. The molecule has 0 aliphatic rings. The highest BCUT2D eigenvalue weighted by molar-refractivity contribution is 5.86. The second-order valence-corrected chi connectivity index (χ2v) is 3.04. The molecule has 1 aromatic heterocycles. The van der Waals surface area contributed by atoms with Gasteiger partial charge in [0.05, 0.1) is 6.61 Å². The van der Waals surface area contributed by atoms with Crippen molar-refractivity contribution in [3.63, 3.8) is 0 Å². The Kier molecular flexibility index (Phi) is 4.21. The molecular weight excluding hydrogens is 216 g/mol. The summed E-state index contributed by atoms with van der Waals surface area (Å²) in [5, 5.41) is 8.46. The quantitative estimate of drug-likeness (QED) is 0.475. The fourth-order valence-corrected chi connectivity index (χ4v) is 1.09. The molecule has 1 aromatic rings. The zero-order chi connectivity index (χ0) is 12.1. The number of ether oxygens (including phenoxy) is 1. The minimum atomic E-state index is -0.730. The molecule has 88 valence electrons. The highest BCUT2D eigenvalue weighted by atomic mass is 17.1. The van der Waals surface area contributed by atoms with Crippen LogP contribution in [0.2, 0.25) is 0 Å². The Morgan fingerprint density at radius 2 is 2.25 bits per heavy atom. The number of hydrogen-bond acceptors (Lipinski definition) is 6. The van der Waals surface area contributed by atoms with Crippen LogP contribution in [0, 0.1) is 0 Å². The van der Waals surface area contributed by atoms with Crippen molar-refractivity contribution in [3.05, 3.63) is 33.9 Å². The van der Waals surface area contributed by atoms with Gasteiger partial charge in [-0.2, -0.15) is 0 Å². The van der Waals surface area contributed by atoms with Crippen LogP contribution in [0.15, 0.2) is 21.3 Å². The Hall–Kier alpha value is -1.66. The second-order valence-electron chi connectivity index (χ2n) is 3.04. The van der Waals surface area contributed by atoms with Crippen LogP contribution in [0.25, 0.3) is 0 Å². The first-order valence-electron chi connectivity index (χ1n) is 4.71. The summed E-state index contributed by atoms with van der Waals surface area (Å²) >= 11 is 0. The van der Waals surface area contributed by atoms with Crippen LogP contribution in [-0.4, -0.2) is 17.8 Å². The van der Waals surface area contributed by atoms with Gasteiger partial charge in [-0.15, -0.1) is 0 Å². The molecule has 0 spiro atoms. The molecule has 1 heterocycles. The Morgan fingerprint density at radius 3 is 2.81 bits per heavy atom. The summed E-state index contributed by atoms with van der Waals surface area (Å²) in [5.74, 6) is -0.945. The minimum Gasteiger partial charge on any atom is -0.460 e. The monoisotopic (exact) mass is 228 g/mol. The fourth-order valence-electron chi connectivity index (χ4n) is 1.09. The predicted molar refractivity (Wildman–Crippen MR) is 53.1 cm³/mol. The molecule has 0 radical (unpaired) electrons. The number of carbonyl (C=O) groups is 1. The Bertz CT molecular complexity index is 422. The molecule has 0 fully saturated rings. The third kappa shape index (κ3) is 2.91. The summed E-state index contributed by atoms with van der Waals surface area (Å²) in [6, 6.07) is 2.42. The Labute approximate surface area is 91.3 Å². The molecule has 6 nitrogen and oxygen atoms in total. The molecule has 1 rings (SSSR count). The lowest BCUT2D eigenvalue weighted by Crippen LogP contribution is -2.12. The minimum absolute atomic E-state index is 0.179. The molecule has 0 amide bonds. The molecule has 1 atom stereocenters. The molecular formula is C10H12O6. The van der Waals surface area contributed by atoms with Crippen molar-refractivity contribution in [1.82, 2.24) is 0 Å². The first-order chi connectivity index (χ1) is 7.58. The third-order valence-electron chi connectivity index (χ3n) is 1.90. The average molecular weight is 228 g/mol. The van der Waals surface area contributed by atoms with Crippen LogP contribution in [0.5, 0.6) is 0 Å². The van der Waals surface area contributed by atoms with Crippen molar-refractivity contribution in [2.45, 2.75) is 20.0 Å². The number of carbonyl (C=O) groups excluding carboxylic acids is 1. The predicted octanol–water partition coefficient (Wildman–Crippen LogP) is 1.37. The van der Waals surface area contributed by atoms with Gasteiger partial charge in [0.1, 0.15) is 6.10 Å². The number of esters is 1. The van der Waals surface area contributed by atoms with Gasteiger partial charge in [0.2, 0.25) is 5.76 Å². The van der Waals surface area contributed by atoms with E-state index in [2.05, 4.69) is 14.0 Å². The van der Waals surface area contributed by atoms with Crippen molar-refractivity contribution in [2.75, 3.05) is 6.61 Å². The summed E-state index contributed by atoms with van der Waals surface area (Å²) in [7, 11) is 0. The van der Waals surface area contributed by atoms with Crippen LogP contribution >= 0.6 is 0 Å². The molecule has 0 saturated heterocycles. The molecule has 1 unspecified atom stereocenters. The molecule has 0 bridgehead atoms. The topological polar surface area (TPSA) is 86.0 Å². The standard InChI is InChI=1S/C10H12O6/c1-3-14-10(12)8-4-7(6(2)16-13)5-9(11)15-8/h4-6,13H,3H2,1-2H3. The van der Waals surface area contributed by atoms with Crippen molar-refractivity contribution in [3.8, 4) is 0 Å². The summed E-state index contributed by atoms with van der Waals surface area (Å²) in [6.45, 7) is 3.34. The number of hydrogen-bond donors (Lipinski definition) is 1. The van der Waals surface area contributed by atoms with Crippen LogP contribution in [0.4, 0.5) is 0 Å². The van der Waals surface area contributed by atoms with Gasteiger partial charge in [-0.25, -0.2) is 14.5 Å². The molecule has 16 heavy (non-hydrogen) atoms. The van der Waals surface area contributed by atoms with Crippen LogP contribution in [0.3, 0.4) is 0 Å². The van der Waals surface area contributed by atoms with Crippen LogP contribution in [0.1, 0.15) is 36.1 Å². The average Bonchev–Trinajstić information content (AvgIpc) is 2.27. The maximum Gasteiger partial charge on any atom is 0.374 e. The van der Waals surface area contributed by atoms with Gasteiger partial charge in [0.15, 0.2) is 0 Å².